The van der Waals surface area contributed by atoms with Crippen LogP contribution in [0.15, 0.2) is 10.5 Å². The average Bonchev–Trinajstić information content (AvgIpc) is 2.93. The van der Waals surface area contributed by atoms with Crippen molar-refractivity contribution in [3.05, 3.63) is 23.2 Å². The van der Waals surface area contributed by atoms with Gasteiger partial charge in [0.25, 0.3) is 5.91 Å². The fourth-order valence-corrected chi connectivity index (χ4v) is 2.99. The first-order valence-electron chi connectivity index (χ1n) is 6.59. The summed E-state index contributed by atoms with van der Waals surface area (Å²) in [5, 5.41) is 0. The van der Waals surface area contributed by atoms with Crippen molar-refractivity contribution in [1.29, 1.82) is 0 Å². The average molecular weight is 250 g/mol. The molecule has 1 amide bonds. The molecular weight excluding hydrogens is 228 g/mol. The molecule has 2 atom stereocenters. The van der Waals surface area contributed by atoms with Crippen LogP contribution in [0.25, 0.3) is 0 Å². The van der Waals surface area contributed by atoms with E-state index in [4.69, 9.17) is 10.2 Å². The summed E-state index contributed by atoms with van der Waals surface area (Å²) in [6.45, 7) is 4.36. The summed E-state index contributed by atoms with van der Waals surface area (Å²) in [6, 6.07) is 2.10. The van der Waals surface area contributed by atoms with Gasteiger partial charge in [-0.1, -0.05) is 6.42 Å². The van der Waals surface area contributed by atoms with Crippen molar-refractivity contribution < 1.29 is 9.21 Å². The van der Waals surface area contributed by atoms with E-state index in [-0.39, 0.29) is 11.9 Å². The molecule has 0 spiro atoms. The van der Waals surface area contributed by atoms with E-state index in [1.165, 1.54) is 0 Å². The summed E-state index contributed by atoms with van der Waals surface area (Å²) in [4.78, 5) is 14.3. The smallest absolute Gasteiger partial charge is 0.257 e. The number of hydrogen-bond donors (Lipinski definition) is 1. The molecule has 1 fully saturated rings. The van der Waals surface area contributed by atoms with Crippen LogP contribution >= 0.6 is 0 Å². The molecule has 1 aromatic heterocycles. The maximum atomic E-state index is 12.5. The molecule has 100 valence electrons. The third-order valence-electron chi connectivity index (χ3n) is 4.01. The molecule has 0 aliphatic heterocycles. The van der Waals surface area contributed by atoms with Gasteiger partial charge in [-0.05, 0) is 45.2 Å². The normalized spacial score (nSPS) is 23.3. The summed E-state index contributed by atoms with van der Waals surface area (Å²) in [5.74, 6) is 1.97. The Bertz CT molecular complexity index is 439. The van der Waals surface area contributed by atoms with Crippen molar-refractivity contribution in [2.24, 2.45) is 11.7 Å². The van der Waals surface area contributed by atoms with Gasteiger partial charge in [0.2, 0.25) is 0 Å². The van der Waals surface area contributed by atoms with Crippen LogP contribution in [0.1, 0.15) is 41.1 Å². The van der Waals surface area contributed by atoms with Crippen LogP contribution in [0, 0.1) is 19.8 Å². The van der Waals surface area contributed by atoms with E-state index < -0.39 is 0 Å². The summed E-state index contributed by atoms with van der Waals surface area (Å²) < 4.78 is 5.43. The second kappa shape index (κ2) is 5.14. The molecule has 0 aromatic carbocycles. The molecule has 0 saturated heterocycles. The lowest BCUT2D eigenvalue weighted by Crippen LogP contribution is -2.41. The van der Waals surface area contributed by atoms with Gasteiger partial charge in [0, 0.05) is 13.1 Å². The highest BCUT2D eigenvalue weighted by Crippen LogP contribution is 2.30. The van der Waals surface area contributed by atoms with Gasteiger partial charge in [0.05, 0.1) is 5.56 Å². The van der Waals surface area contributed by atoms with Crippen molar-refractivity contribution in [3.63, 3.8) is 0 Å². The van der Waals surface area contributed by atoms with Crippen molar-refractivity contribution >= 4 is 5.91 Å². The van der Waals surface area contributed by atoms with E-state index in [0.29, 0.717) is 23.8 Å². The summed E-state index contributed by atoms with van der Waals surface area (Å²) in [5.41, 5.74) is 6.46. The standard InChI is InChI=1S/C14H22N2O2/c1-9-7-12(10(2)18-9)14(17)16(3)13-6-4-5-11(13)8-15/h7,11,13H,4-6,8,15H2,1-3H3. The summed E-state index contributed by atoms with van der Waals surface area (Å²) >= 11 is 0. The Morgan fingerprint density at radius 3 is 2.78 bits per heavy atom. The number of nitrogens with two attached hydrogens (primary N) is 1. The van der Waals surface area contributed by atoms with Gasteiger partial charge in [-0.3, -0.25) is 4.79 Å². The van der Waals surface area contributed by atoms with Gasteiger partial charge >= 0.3 is 0 Å². The zero-order valence-corrected chi connectivity index (χ0v) is 11.4. The van der Waals surface area contributed by atoms with Crippen LogP contribution in [0.4, 0.5) is 0 Å². The quantitative estimate of drug-likeness (QED) is 0.893. The second-order valence-corrected chi connectivity index (χ2v) is 5.24. The minimum absolute atomic E-state index is 0.0506. The fraction of sp³-hybridized carbons (Fsp3) is 0.643. The highest BCUT2D eigenvalue weighted by atomic mass is 16.3. The van der Waals surface area contributed by atoms with E-state index >= 15 is 0 Å². The molecule has 1 aliphatic rings. The Morgan fingerprint density at radius 2 is 2.22 bits per heavy atom. The van der Waals surface area contributed by atoms with Gasteiger partial charge in [-0.2, -0.15) is 0 Å². The molecule has 4 nitrogen and oxygen atoms in total. The number of rotatable bonds is 3. The van der Waals surface area contributed by atoms with Crippen LogP contribution in [0.2, 0.25) is 0 Å². The zero-order valence-electron chi connectivity index (χ0n) is 11.4. The maximum absolute atomic E-state index is 12.5. The van der Waals surface area contributed by atoms with Crippen LogP contribution in [0.5, 0.6) is 0 Å². The Morgan fingerprint density at radius 1 is 1.50 bits per heavy atom. The van der Waals surface area contributed by atoms with Gasteiger partial charge < -0.3 is 15.1 Å². The molecule has 4 heteroatoms. The van der Waals surface area contributed by atoms with E-state index in [0.717, 1.165) is 25.0 Å². The molecular formula is C14H22N2O2. The third kappa shape index (κ3) is 2.29. The van der Waals surface area contributed by atoms with Crippen LogP contribution in [0.3, 0.4) is 0 Å². The maximum Gasteiger partial charge on any atom is 0.257 e. The number of aryl methyl sites for hydroxylation is 2. The predicted molar refractivity (Wildman–Crippen MR) is 70.5 cm³/mol. The van der Waals surface area contributed by atoms with Crippen LogP contribution in [-0.4, -0.2) is 30.4 Å². The molecule has 0 radical (unpaired) electrons. The van der Waals surface area contributed by atoms with E-state index in [1.807, 2.05) is 31.9 Å². The number of nitrogens with zero attached hydrogens (tertiary/aromatic N) is 1. The fourth-order valence-electron chi connectivity index (χ4n) is 2.99. The molecule has 1 aliphatic carbocycles. The Labute approximate surface area is 108 Å². The lowest BCUT2D eigenvalue weighted by Gasteiger charge is -2.29. The molecule has 2 N–H and O–H groups in total. The van der Waals surface area contributed by atoms with Crippen molar-refractivity contribution in [1.82, 2.24) is 4.90 Å². The lowest BCUT2D eigenvalue weighted by atomic mass is 10.0. The van der Waals surface area contributed by atoms with Crippen LogP contribution < -0.4 is 5.73 Å². The van der Waals surface area contributed by atoms with Crippen molar-refractivity contribution in [2.75, 3.05) is 13.6 Å². The van der Waals surface area contributed by atoms with Gasteiger partial charge in [0.15, 0.2) is 0 Å². The van der Waals surface area contributed by atoms with Crippen molar-refractivity contribution in [3.8, 4) is 0 Å². The number of carbonyl (C=O) groups excluding carboxylic acids is 1. The first kappa shape index (κ1) is 13.1. The van der Waals surface area contributed by atoms with E-state index in [1.54, 1.807) is 0 Å². The second-order valence-electron chi connectivity index (χ2n) is 5.24. The minimum Gasteiger partial charge on any atom is -0.466 e. The highest BCUT2D eigenvalue weighted by molar-refractivity contribution is 5.95. The van der Waals surface area contributed by atoms with Crippen molar-refractivity contribution in [2.45, 2.75) is 39.2 Å². The van der Waals surface area contributed by atoms with E-state index in [9.17, 15) is 4.79 Å². The molecule has 0 bridgehead atoms. The van der Waals surface area contributed by atoms with Gasteiger partial charge in [0.1, 0.15) is 11.5 Å². The molecule has 1 saturated carbocycles. The Kier molecular flexibility index (Phi) is 3.76. The predicted octanol–water partition coefficient (Wildman–Crippen LogP) is 2.10. The summed E-state index contributed by atoms with van der Waals surface area (Å²) in [6.07, 6.45) is 3.34. The SMILES string of the molecule is Cc1cc(C(=O)N(C)C2CCCC2CN)c(C)o1. The minimum atomic E-state index is 0.0506. The molecule has 18 heavy (non-hydrogen) atoms. The first-order chi connectivity index (χ1) is 8.54. The Hall–Kier alpha value is -1.29. The molecule has 1 aromatic rings. The monoisotopic (exact) mass is 250 g/mol. The topological polar surface area (TPSA) is 59.5 Å². The largest absolute Gasteiger partial charge is 0.466 e. The Balaban J connectivity index is 2.16. The highest BCUT2D eigenvalue weighted by Gasteiger charge is 2.32. The summed E-state index contributed by atoms with van der Waals surface area (Å²) in [7, 11) is 1.88. The number of carbonyl (C=O) groups is 1. The van der Waals surface area contributed by atoms with Crippen LogP contribution in [-0.2, 0) is 0 Å². The molecule has 2 rings (SSSR count). The number of hydrogen-bond acceptors (Lipinski definition) is 3. The van der Waals surface area contributed by atoms with Gasteiger partial charge in [-0.25, -0.2) is 0 Å². The third-order valence-corrected chi connectivity index (χ3v) is 4.01. The first-order valence-corrected chi connectivity index (χ1v) is 6.59. The molecule has 1 heterocycles. The number of amides is 1. The number of furan rings is 1. The zero-order chi connectivity index (χ0) is 13.3. The lowest BCUT2D eigenvalue weighted by molar-refractivity contribution is 0.0698. The molecule has 2 unspecified atom stereocenters. The van der Waals surface area contributed by atoms with E-state index in [2.05, 4.69) is 0 Å². The van der Waals surface area contributed by atoms with Gasteiger partial charge in [-0.15, -0.1) is 0 Å².